The van der Waals surface area contributed by atoms with Crippen LogP contribution in [0.5, 0.6) is 0 Å². The minimum absolute atomic E-state index is 0.119. The van der Waals surface area contributed by atoms with Crippen molar-refractivity contribution in [2.75, 3.05) is 10.2 Å². The van der Waals surface area contributed by atoms with Gasteiger partial charge < -0.3 is 10.2 Å². The predicted octanol–water partition coefficient (Wildman–Crippen LogP) is 6.21. The first-order valence-corrected chi connectivity index (χ1v) is 8.79. The van der Waals surface area contributed by atoms with Crippen LogP contribution in [0.3, 0.4) is 0 Å². The summed E-state index contributed by atoms with van der Waals surface area (Å²) in [6.07, 6.45) is 0.119. The van der Waals surface area contributed by atoms with Crippen molar-refractivity contribution in [3.05, 3.63) is 89.5 Å². The molecule has 0 spiro atoms. The minimum atomic E-state index is 0.119. The van der Waals surface area contributed by atoms with E-state index in [1.54, 1.807) is 0 Å². The van der Waals surface area contributed by atoms with Crippen molar-refractivity contribution in [3.8, 4) is 0 Å². The van der Waals surface area contributed by atoms with Crippen molar-refractivity contribution in [2.45, 2.75) is 33.9 Å². The Hall–Kier alpha value is -2.74. The van der Waals surface area contributed by atoms with Crippen LogP contribution in [0.2, 0.25) is 0 Å². The maximum atomic E-state index is 3.62. The van der Waals surface area contributed by atoms with Crippen LogP contribution >= 0.6 is 0 Å². The average molecular weight is 330 g/mol. The van der Waals surface area contributed by atoms with Gasteiger partial charge in [0, 0.05) is 17.1 Å². The SMILES string of the molecule is Cc1ccc(NC(C)N(c2ccc(C)cc2)c2ccc(C)cc2)cc1. The van der Waals surface area contributed by atoms with Gasteiger partial charge in [-0.1, -0.05) is 53.1 Å². The summed E-state index contributed by atoms with van der Waals surface area (Å²) in [7, 11) is 0. The first-order valence-electron chi connectivity index (χ1n) is 8.79. The van der Waals surface area contributed by atoms with Crippen molar-refractivity contribution in [1.29, 1.82) is 0 Å². The number of hydrogen-bond donors (Lipinski definition) is 1. The zero-order valence-electron chi connectivity index (χ0n) is 15.5. The van der Waals surface area contributed by atoms with E-state index in [1.165, 1.54) is 28.1 Å². The maximum Gasteiger partial charge on any atom is 0.101 e. The lowest BCUT2D eigenvalue weighted by atomic mass is 10.1. The van der Waals surface area contributed by atoms with Crippen LogP contribution in [0, 0.1) is 20.8 Å². The molecule has 1 N–H and O–H groups in total. The second kappa shape index (κ2) is 7.43. The van der Waals surface area contributed by atoms with Crippen LogP contribution in [0.4, 0.5) is 17.1 Å². The Morgan fingerprint density at radius 2 is 0.960 bits per heavy atom. The highest BCUT2D eigenvalue weighted by Crippen LogP contribution is 2.29. The number of nitrogens with zero attached hydrogens (tertiary/aromatic N) is 1. The molecule has 0 radical (unpaired) electrons. The summed E-state index contributed by atoms with van der Waals surface area (Å²) < 4.78 is 0. The van der Waals surface area contributed by atoms with Crippen LogP contribution in [-0.4, -0.2) is 6.17 Å². The molecule has 3 aromatic rings. The molecule has 2 nitrogen and oxygen atoms in total. The molecular formula is C23H26N2. The lowest BCUT2D eigenvalue weighted by Gasteiger charge is -2.33. The highest BCUT2D eigenvalue weighted by Gasteiger charge is 2.16. The van der Waals surface area contributed by atoms with Crippen molar-refractivity contribution < 1.29 is 0 Å². The molecule has 0 saturated carbocycles. The second-order valence-electron chi connectivity index (χ2n) is 6.73. The lowest BCUT2D eigenvalue weighted by molar-refractivity contribution is 0.804. The zero-order chi connectivity index (χ0) is 17.8. The van der Waals surface area contributed by atoms with Gasteiger partial charge in [-0.3, -0.25) is 0 Å². The molecule has 0 aliphatic heterocycles. The van der Waals surface area contributed by atoms with E-state index >= 15 is 0 Å². The summed E-state index contributed by atoms with van der Waals surface area (Å²) in [5, 5.41) is 3.62. The van der Waals surface area contributed by atoms with Gasteiger partial charge >= 0.3 is 0 Å². The van der Waals surface area contributed by atoms with Crippen LogP contribution < -0.4 is 10.2 Å². The summed E-state index contributed by atoms with van der Waals surface area (Å²) in [4.78, 5) is 2.33. The van der Waals surface area contributed by atoms with Gasteiger partial charge in [0.15, 0.2) is 0 Å². The van der Waals surface area contributed by atoms with E-state index in [9.17, 15) is 0 Å². The fourth-order valence-electron chi connectivity index (χ4n) is 2.96. The van der Waals surface area contributed by atoms with Crippen LogP contribution in [0.15, 0.2) is 72.8 Å². The van der Waals surface area contributed by atoms with Crippen LogP contribution in [0.1, 0.15) is 23.6 Å². The molecule has 1 atom stereocenters. The zero-order valence-corrected chi connectivity index (χ0v) is 15.5. The third-order valence-electron chi connectivity index (χ3n) is 4.44. The lowest BCUT2D eigenvalue weighted by Crippen LogP contribution is -2.35. The summed E-state index contributed by atoms with van der Waals surface area (Å²) in [5.41, 5.74) is 7.30. The second-order valence-corrected chi connectivity index (χ2v) is 6.73. The highest BCUT2D eigenvalue weighted by atomic mass is 15.3. The Morgan fingerprint density at radius 1 is 0.600 bits per heavy atom. The monoisotopic (exact) mass is 330 g/mol. The summed E-state index contributed by atoms with van der Waals surface area (Å²) in [6, 6.07) is 25.9. The predicted molar refractivity (Wildman–Crippen MR) is 109 cm³/mol. The minimum Gasteiger partial charge on any atom is -0.365 e. The number of benzene rings is 3. The van der Waals surface area contributed by atoms with Gasteiger partial charge in [0.1, 0.15) is 6.17 Å². The summed E-state index contributed by atoms with van der Waals surface area (Å²) >= 11 is 0. The normalized spacial score (nSPS) is 11.8. The molecule has 128 valence electrons. The number of anilines is 3. The molecule has 2 heteroatoms. The number of hydrogen-bond acceptors (Lipinski definition) is 2. The maximum absolute atomic E-state index is 3.62. The molecule has 0 aliphatic rings. The molecule has 0 aliphatic carbocycles. The number of rotatable bonds is 5. The summed E-state index contributed by atoms with van der Waals surface area (Å²) in [5.74, 6) is 0. The van der Waals surface area contributed by atoms with Gasteiger partial charge in [-0.25, -0.2) is 0 Å². The van der Waals surface area contributed by atoms with E-state index in [4.69, 9.17) is 0 Å². The van der Waals surface area contributed by atoms with Crippen molar-refractivity contribution >= 4 is 17.1 Å². The Balaban J connectivity index is 1.93. The van der Waals surface area contributed by atoms with Crippen molar-refractivity contribution in [3.63, 3.8) is 0 Å². The molecule has 25 heavy (non-hydrogen) atoms. The largest absolute Gasteiger partial charge is 0.365 e. The number of nitrogens with one attached hydrogen (secondary N) is 1. The Kier molecular flexibility index (Phi) is 5.08. The van der Waals surface area contributed by atoms with Gasteiger partial charge in [0.2, 0.25) is 0 Å². The Labute approximate surface area is 151 Å². The molecule has 0 saturated heterocycles. The Morgan fingerprint density at radius 3 is 1.36 bits per heavy atom. The fraction of sp³-hybridized carbons (Fsp3) is 0.217. The third-order valence-corrected chi connectivity index (χ3v) is 4.44. The van der Waals surface area contributed by atoms with E-state index in [1.807, 2.05) is 0 Å². The van der Waals surface area contributed by atoms with Gasteiger partial charge in [-0.2, -0.15) is 0 Å². The molecule has 0 aromatic heterocycles. The van der Waals surface area contributed by atoms with Gasteiger partial charge in [0.25, 0.3) is 0 Å². The third kappa shape index (κ3) is 4.21. The quantitative estimate of drug-likeness (QED) is 0.560. The molecule has 0 heterocycles. The van der Waals surface area contributed by atoms with E-state index in [2.05, 4.69) is 111 Å². The standard InChI is InChI=1S/C23H26N2/c1-17-5-11-21(12-6-17)24-20(4)25(22-13-7-18(2)8-14-22)23-15-9-19(3)10-16-23/h5-16,20,24H,1-4H3. The van der Waals surface area contributed by atoms with E-state index < -0.39 is 0 Å². The summed E-state index contributed by atoms with van der Waals surface area (Å²) in [6.45, 7) is 8.54. The van der Waals surface area contributed by atoms with Gasteiger partial charge in [-0.05, 0) is 64.1 Å². The topological polar surface area (TPSA) is 15.3 Å². The van der Waals surface area contributed by atoms with Crippen LogP contribution in [-0.2, 0) is 0 Å². The average Bonchev–Trinajstić information content (AvgIpc) is 2.60. The molecule has 3 aromatic carbocycles. The molecule has 1 unspecified atom stereocenters. The first-order chi connectivity index (χ1) is 12.0. The Bertz CT molecular complexity index is 757. The highest BCUT2D eigenvalue weighted by molar-refractivity contribution is 5.66. The van der Waals surface area contributed by atoms with E-state index in [0.29, 0.717) is 0 Å². The number of aryl methyl sites for hydroxylation is 3. The van der Waals surface area contributed by atoms with Crippen molar-refractivity contribution in [2.24, 2.45) is 0 Å². The molecule has 3 rings (SSSR count). The first kappa shape index (κ1) is 17.1. The molecule has 0 bridgehead atoms. The molecular weight excluding hydrogens is 304 g/mol. The fourth-order valence-corrected chi connectivity index (χ4v) is 2.96. The molecule has 0 fully saturated rings. The van der Waals surface area contributed by atoms with Gasteiger partial charge in [-0.15, -0.1) is 0 Å². The van der Waals surface area contributed by atoms with Crippen LogP contribution in [0.25, 0.3) is 0 Å². The van der Waals surface area contributed by atoms with E-state index in [0.717, 1.165) is 5.69 Å². The smallest absolute Gasteiger partial charge is 0.101 e. The van der Waals surface area contributed by atoms with Gasteiger partial charge in [0.05, 0.1) is 0 Å². The van der Waals surface area contributed by atoms with Crippen molar-refractivity contribution in [1.82, 2.24) is 0 Å². The molecule has 0 amide bonds. The van der Waals surface area contributed by atoms with E-state index in [-0.39, 0.29) is 6.17 Å².